The molecule has 0 amide bonds. The molecule has 4 saturated carbocycles. The minimum absolute atomic E-state index is 0.367. The van der Waals surface area contributed by atoms with Crippen LogP contribution in [0, 0.1) is 34.5 Å². The lowest BCUT2D eigenvalue weighted by atomic mass is 9.39. The van der Waals surface area contributed by atoms with Gasteiger partial charge in [0.15, 0.2) is 0 Å². The van der Waals surface area contributed by atoms with Crippen LogP contribution < -0.4 is 5.73 Å². The maximum atomic E-state index is 6.45. The number of nitrogens with two attached hydrogens (primary N) is 1. The third kappa shape index (κ3) is 2.64. The molecule has 0 aliphatic heterocycles. The van der Waals surface area contributed by atoms with Crippen LogP contribution in [0.1, 0.15) is 78.1 Å². The molecule has 4 fully saturated rings. The monoisotopic (exact) mass is 273 g/mol. The predicted octanol–water partition coefficient (Wildman–Crippen LogP) is 4.50. The molecule has 3 unspecified atom stereocenters. The third-order valence-electron chi connectivity index (χ3n) is 6.33. The highest BCUT2D eigenvalue weighted by molar-refractivity contribution is 5.10. The largest absolute Gasteiger partial charge is 0.328 e. The topological polar surface area (TPSA) is 26.0 Å². The Balaban J connectivity index is 1.68. The van der Waals surface area contributed by atoms with Crippen LogP contribution in [0.5, 0.6) is 0 Å². The highest BCUT2D eigenvalue weighted by Gasteiger charge is 2.59. The van der Waals surface area contributed by atoms with Crippen LogP contribution in [0.15, 0.2) is 0 Å². The Bertz CT molecular complexity index is 400. The zero-order valence-corrected chi connectivity index (χ0v) is 13.4. The summed E-state index contributed by atoms with van der Waals surface area (Å²) in [5, 5.41) is 0. The number of rotatable bonds is 5. The zero-order valence-electron chi connectivity index (χ0n) is 13.4. The van der Waals surface area contributed by atoms with Crippen molar-refractivity contribution in [3.05, 3.63) is 0 Å². The van der Waals surface area contributed by atoms with E-state index in [0.717, 1.165) is 25.2 Å². The molecule has 1 nitrogen and oxygen atoms in total. The van der Waals surface area contributed by atoms with Gasteiger partial charge in [-0.2, -0.15) is 0 Å². The summed E-state index contributed by atoms with van der Waals surface area (Å²) in [6.07, 6.45) is 18.5. The fourth-order valence-corrected chi connectivity index (χ4v) is 7.04. The van der Waals surface area contributed by atoms with Crippen molar-refractivity contribution in [2.24, 2.45) is 27.9 Å². The van der Waals surface area contributed by atoms with Crippen molar-refractivity contribution in [3.63, 3.8) is 0 Å². The predicted molar refractivity (Wildman–Crippen MR) is 85.1 cm³/mol. The molecule has 0 radical (unpaired) electrons. The zero-order chi connectivity index (χ0) is 14.4. The van der Waals surface area contributed by atoms with Crippen LogP contribution in [0.2, 0.25) is 0 Å². The Hall–Kier alpha value is -0.480. The van der Waals surface area contributed by atoms with Crippen molar-refractivity contribution < 1.29 is 0 Å². The van der Waals surface area contributed by atoms with Crippen molar-refractivity contribution >= 4 is 0 Å². The number of unbranched alkanes of at least 4 members (excludes halogenated alkanes) is 1. The van der Waals surface area contributed by atoms with E-state index in [2.05, 4.69) is 19.8 Å². The van der Waals surface area contributed by atoms with E-state index in [-0.39, 0.29) is 0 Å². The van der Waals surface area contributed by atoms with E-state index >= 15 is 0 Å². The lowest BCUT2D eigenvalue weighted by molar-refractivity contribution is -0.149. The second-order valence-corrected chi connectivity index (χ2v) is 9.19. The van der Waals surface area contributed by atoms with E-state index < -0.39 is 0 Å². The molecule has 4 aliphatic rings. The maximum Gasteiger partial charge on any atom is 0.00866 e. The van der Waals surface area contributed by atoms with Crippen molar-refractivity contribution in [1.29, 1.82) is 0 Å². The van der Waals surface area contributed by atoms with E-state index in [0.29, 0.717) is 22.3 Å². The van der Waals surface area contributed by atoms with Gasteiger partial charge >= 0.3 is 0 Å². The summed E-state index contributed by atoms with van der Waals surface area (Å²) in [6.45, 7) is 5.10. The Morgan fingerprint density at radius 2 is 1.80 bits per heavy atom. The minimum atomic E-state index is 0.367. The fraction of sp³-hybridized carbons (Fsp3) is 0.895. The average molecular weight is 273 g/mol. The molecule has 112 valence electrons. The van der Waals surface area contributed by atoms with Crippen molar-refractivity contribution in [3.8, 4) is 12.3 Å². The van der Waals surface area contributed by atoms with Gasteiger partial charge in [0, 0.05) is 12.5 Å². The van der Waals surface area contributed by atoms with Gasteiger partial charge in [0.2, 0.25) is 0 Å². The molecule has 0 heterocycles. The number of terminal acetylenes is 1. The molecular formula is C19H31N. The molecule has 0 saturated heterocycles. The summed E-state index contributed by atoms with van der Waals surface area (Å²) in [6, 6.07) is 0.367. The van der Waals surface area contributed by atoms with Crippen molar-refractivity contribution in [2.75, 3.05) is 0 Å². The molecule has 2 N–H and O–H groups in total. The average Bonchev–Trinajstić information content (AvgIpc) is 2.22. The first kappa shape index (κ1) is 14.5. The Morgan fingerprint density at radius 1 is 1.15 bits per heavy atom. The molecule has 4 bridgehead atoms. The first-order valence-electron chi connectivity index (χ1n) is 8.55. The minimum Gasteiger partial charge on any atom is -0.328 e. The maximum absolute atomic E-state index is 6.45. The van der Waals surface area contributed by atoms with Crippen LogP contribution in [-0.2, 0) is 0 Å². The summed E-state index contributed by atoms with van der Waals surface area (Å²) in [4.78, 5) is 0. The molecule has 1 heteroatoms. The SMILES string of the molecule is C#CCCCC(N)CC12CC3CC(C)(CC(C)(C3)C1)C2. The van der Waals surface area contributed by atoms with Gasteiger partial charge in [0.1, 0.15) is 0 Å². The van der Waals surface area contributed by atoms with Gasteiger partial charge in [0.05, 0.1) is 0 Å². The Kier molecular flexibility index (Phi) is 3.45. The van der Waals surface area contributed by atoms with Crippen molar-refractivity contribution in [2.45, 2.75) is 84.1 Å². The van der Waals surface area contributed by atoms with Gasteiger partial charge in [0.25, 0.3) is 0 Å². The quantitative estimate of drug-likeness (QED) is 0.579. The normalized spacial score (nSPS) is 47.2. The Morgan fingerprint density at radius 3 is 2.35 bits per heavy atom. The molecule has 0 spiro atoms. The third-order valence-corrected chi connectivity index (χ3v) is 6.33. The molecule has 0 aromatic rings. The molecule has 4 aliphatic carbocycles. The fourth-order valence-electron chi connectivity index (χ4n) is 7.04. The van der Waals surface area contributed by atoms with Gasteiger partial charge in [-0.05, 0) is 80.0 Å². The van der Waals surface area contributed by atoms with Crippen LogP contribution in [0.3, 0.4) is 0 Å². The number of hydrogen-bond donors (Lipinski definition) is 1. The first-order valence-corrected chi connectivity index (χ1v) is 8.55. The van der Waals surface area contributed by atoms with E-state index in [4.69, 9.17) is 12.2 Å². The lowest BCUT2D eigenvalue weighted by Crippen LogP contribution is -2.56. The van der Waals surface area contributed by atoms with Gasteiger partial charge in [-0.1, -0.05) is 13.8 Å². The van der Waals surface area contributed by atoms with Gasteiger partial charge in [-0.15, -0.1) is 12.3 Å². The van der Waals surface area contributed by atoms with Crippen LogP contribution in [0.4, 0.5) is 0 Å². The van der Waals surface area contributed by atoms with E-state index in [1.54, 1.807) is 0 Å². The standard InChI is InChI=1S/C19H31N/c1-4-5-6-7-16(20)11-19-10-15-8-17(2,13-19)12-18(3,9-15)14-19/h1,15-16H,5-14,20H2,2-3H3. The van der Waals surface area contributed by atoms with Crippen molar-refractivity contribution in [1.82, 2.24) is 0 Å². The first-order chi connectivity index (χ1) is 9.36. The second-order valence-electron chi connectivity index (χ2n) is 9.19. The second kappa shape index (κ2) is 4.77. The molecular weight excluding hydrogens is 242 g/mol. The molecule has 0 aromatic carbocycles. The molecule has 0 aromatic heterocycles. The molecule has 4 rings (SSSR count). The summed E-state index contributed by atoms with van der Waals surface area (Å²) in [7, 11) is 0. The summed E-state index contributed by atoms with van der Waals surface area (Å²) in [5.74, 6) is 3.72. The van der Waals surface area contributed by atoms with E-state index in [1.807, 2.05) is 0 Å². The van der Waals surface area contributed by atoms with Gasteiger partial charge in [-0.3, -0.25) is 0 Å². The lowest BCUT2D eigenvalue weighted by Gasteiger charge is -2.66. The molecule has 3 atom stereocenters. The smallest absolute Gasteiger partial charge is 0.00866 e. The van der Waals surface area contributed by atoms with Gasteiger partial charge in [-0.25, -0.2) is 0 Å². The van der Waals surface area contributed by atoms with Crippen LogP contribution >= 0.6 is 0 Å². The highest BCUT2D eigenvalue weighted by atomic mass is 14.7. The summed E-state index contributed by atoms with van der Waals surface area (Å²) in [5.41, 5.74) is 8.26. The summed E-state index contributed by atoms with van der Waals surface area (Å²) < 4.78 is 0. The highest BCUT2D eigenvalue weighted by Crippen LogP contribution is 2.70. The molecule has 20 heavy (non-hydrogen) atoms. The van der Waals surface area contributed by atoms with E-state index in [9.17, 15) is 0 Å². The summed E-state index contributed by atoms with van der Waals surface area (Å²) >= 11 is 0. The van der Waals surface area contributed by atoms with Crippen LogP contribution in [0.25, 0.3) is 0 Å². The van der Waals surface area contributed by atoms with Crippen LogP contribution in [-0.4, -0.2) is 6.04 Å². The Labute approximate surface area is 125 Å². The number of hydrogen-bond acceptors (Lipinski definition) is 1. The van der Waals surface area contributed by atoms with E-state index in [1.165, 1.54) is 44.9 Å². The van der Waals surface area contributed by atoms with Gasteiger partial charge < -0.3 is 5.73 Å².